The van der Waals surface area contributed by atoms with Crippen LogP contribution in [-0.2, 0) is 19.2 Å². The van der Waals surface area contributed by atoms with Crippen LogP contribution in [0.3, 0.4) is 0 Å². The van der Waals surface area contributed by atoms with Gasteiger partial charge in [-0.25, -0.2) is 10.4 Å². The lowest BCUT2D eigenvalue weighted by Gasteiger charge is -2.48. The predicted octanol–water partition coefficient (Wildman–Crippen LogP) is 2.82. The molecule has 0 amide bonds. The van der Waals surface area contributed by atoms with E-state index >= 15 is 0 Å². The molecule has 7 aliphatic rings. The molecule has 0 spiro atoms. The summed E-state index contributed by atoms with van der Waals surface area (Å²) in [6.45, 7) is 8.51. The van der Waals surface area contributed by atoms with Gasteiger partial charge in [0, 0.05) is 37.1 Å². The first-order chi connectivity index (χ1) is 18.2. The molecule has 12 unspecified atom stereocenters. The molecule has 9 nitrogen and oxygen atoms in total. The molecule has 14 atom stereocenters. The molecule has 0 radical (unpaired) electrons. The molecule has 10 heteroatoms. The third-order valence-electron chi connectivity index (χ3n) is 11.4. The quantitative estimate of drug-likeness (QED) is 0.420. The van der Waals surface area contributed by atoms with Crippen molar-refractivity contribution < 1.29 is 22.4 Å². The summed E-state index contributed by atoms with van der Waals surface area (Å²) in [7, 11) is -3.74. The Morgan fingerprint density at radius 1 is 0.921 bits per heavy atom. The van der Waals surface area contributed by atoms with Gasteiger partial charge in [0.15, 0.2) is 0 Å². The summed E-state index contributed by atoms with van der Waals surface area (Å²) in [5.41, 5.74) is 7.02. The van der Waals surface area contributed by atoms with E-state index in [-0.39, 0.29) is 24.2 Å². The number of nitrogens with one attached hydrogen (secondary N) is 2. The van der Waals surface area contributed by atoms with E-state index in [2.05, 4.69) is 36.7 Å². The molecule has 3 aliphatic carbocycles. The van der Waals surface area contributed by atoms with Gasteiger partial charge in [0.05, 0.1) is 24.9 Å². The van der Waals surface area contributed by atoms with E-state index in [0.29, 0.717) is 67.7 Å². The highest BCUT2D eigenvalue weighted by Gasteiger charge is 2.48. The zero-order valence-electron chi connectivity index (χ0n) is 23.5. The van der Waals surface area contributed by atoms with Crippen LogP contribution in [0.25, 0.3) is 0 Å². The SMILES string of the molecule is CC1CCC2CC3CCC4C(NNN4CC[C@H](O)COC4CCC5OS(=O)(=O)N(CC5C4)[C@H](C)C1C2)C3C. The Labute approximate surface area is 229 Å². The second-order valence-electron chi connectivity index (χ2n) is 13.7. The maximum Gasteiger partial charge on any atom is 0.338 e. The first-order valence-corrected chi connectivity index (χ1v) is 16.8. The van der Waals surface area contributed by atoms with Gasteiger partial charge in [0.2, 0.25) is 0 Å². The third kappa shape index (κ3) is 5.45. The fourth-order valence-corrected chi connectivity index (χ4v) is 10.6. The van der Waals surface area contributed by atoms with Crippen molar-refractivity contribution in [1.29, 1.82) is 0 Å². The van der Waals surface area contributed by atoms with Gasteiger partial charge in [-0.05, 0) is 87.9 Å². The molecule has 9 bridgehead atoms. The summed E-state index contributed by atoms with van der Waals surface area (Å²) >= 11 is 0. The minimum absolute atomic E-state index is 0.0446. The second kappa shape index (κ2) is 11.2. The highest BCUT2D eigenvalue weighted by Crippen LogP contribution is 2.46. The highest BCUT2D eigenvalue weighted by molar-refractivity contribution is 7.84. The van der Waals surface area contributed by atoms with E-state index < -0.39 is 16.4 Å². The van der Waals surface area contributed by atoms with E-state index in [1.54, 1.807) is 4.31 Å². The first-order valence-electron chi connectivity index (χ1n) is 15.5. The Balaban J connectivity index is 1.24. The Kier molecular flexibility index (Phi) is 8.17. The van der Waals surface area contributed by atoms with Crippen LogP contribution in [0.15, 0.2) is 0 Å². The van der Waals surface area contributed by atoms with Crippen molar-refractivity contribution in [3.8, 4) is 0 Å². The van der Waals surface area contributed by atoms with Gasteiger partial charge < -0.3 is 9.84 Å². The van der Waals surface area contributed by atoms with Gasteiger partial charge in [-0.3, -0.25) is 4.18 Å². The van der Waals surface area contributed by atoms with Crippen LogP contribution in [0.4, 0.5) is 0 Å². The van der Waals surface area contributed by atoms with Crippen LogP contribution in [0.1, 0.15) is 85.0 Å². The zero-order valence-corrected chi connectivity index (χ0v) is 24.3. The summed E-state index contributed by atoms with van der Waals surface area (Å²) in [6.07, 6.45) is 9.42. The van der Waals surface area contributed by atoms with Crippen LogP contribution in [-0.4, -0.2) is 79.0 Å². The molecule has 0 aromatic heterocycles. The summed E-state index contributed by atoms with van der Waals surface area (Å²) in [6, 6.07) is 0.828. The molecule has 3 saturated carbocycles. The predicted molar refractivity (Wildman–Crippen MR) is 145 cm³/mol. The largest absolute Gasteiger partial charge is 0.391 e. The minimum atomic E-state index is -3.74. The summed E-state index contributed by atoms with van der Waals surface area (Å²) in [5, 5.41) is 13.0. The normalized spacial score (nSPS) is 53.5. The lowest BCUT2D eigenvalue weighted by molar-refractivity contribution is -0.0712. The van der Waals surface area contributed by atoms with E-state index in [0.717, 1.165) is 25.8 Å². The number of aliphatic hydroxyl groups excluding tert-OH is 1. The molecule has 4 heterocycles. The number of nitrogens with zero attached hydrogens (tertiary/aromatic N) is 2. The zero-order chi connectivity index (χ0) is 26.6. The molecule has 3 N–H and O–H groups in total. The Morgan fingerprint density at radius 3 is 2.61 bits per heavy atom. The minimum Gasteiger partial charge on any atom is -0.391 e. The average molecular weight is 555 g/mol. The number of hydrazine groups is 2. The number of hydrogen-bond acceptors (Lipinski definition) is 8. The van der Waals surface area contributed by atoms with Crippen molar-refractivity contribution in [2.45, 2.75) is 121 Å². The summed E-state index contributed by atoms with van der Waals surface area (Å²) in [4.78, 5) is 0. The smallest absolute Gasteiger partial charge is 0.338 e. The maximum atomic E-state index is 13.3. The van der Waals surface area contributed by atoms with Crippen molar-refractivity contribution in [2.75, 3.05) is 19.7 Å². The topological polar surface area (TPSA) is 103 Å². The molecule has 7 rings (SSSR count). The van der Waals surface area contributed by atoms with Gasteiger partial charge in [-0.15, -0.1) is 0 Å². The molecular formula is C28H50N4O5S. The van der Waals surface area contributed by atoms with Crippen molar-refractivity contribution in [3.05, 3.63) is 0 Å². The monoisotopic (exact) mass is 554 g/mol. The number of aliphatic hydroxyl groups is 1. The Bertz CT molecular complexity index is 938. The van der Waals surface area contributed by atoms with Crippen molar-refractivity contribution in [3.63, 3.8) is 0 Å². The summed E-state index contributed by atoms with van der Waals surface area (Å²) < 4.78 is 40.4. The highest BCUT2D eigenvalue weighted by atomic mass is 32.2. The number of hydrogen-bond donors (Lipinski definition) is 3. The molecule has 0 aromatic carbocycles. The summed E-state index contributed by atoms with van der Waals surface area (Å²) in [5.74, 6) is 2.93. The van der Waals surface area contributed by atoms with Crippen LogP contribution in [0, 0.1) is 35.5 Å². The molecule has 4 aliphatic heterocycles. The molecular weight excluding hydrogens is 504 g/mol. The molecule has 38 heavy (non-hydrogen) atoms. The van der Waals surface area contributed by atoms with Crippen molar-refractivity contribution >= 4 is 10.3 Å². The fraction of sp³-hybridized carbons (Fsp3) is 1.00. The Hall–Kier alpha value is -0.330. The van der Waals surface area contributed by atoms with Gasteiger partial charge >= 0.3 is 10.3 Å². The van der Waals surface area contributed by atoms with E-state index in [1.807, 2.05) is 0 Å². The number of ether oxygens (including phenoxy) is 1. The molecule has 218 valence electrons. The number of fused-ring (bicyclic) bond motifs is 5. The van der Waals surface area contributed by atoms with Crippen molar-refractivity contribution in [1.82, 2.24) is 20.3 Å². The van der Waals surface area contributed by atoms with E-state index in [1.165, 1.54) is 32.1 Å². The number of rotatable bonds is 0. The lowest BCUT2D eigenvalue weighted by atomic mass is 9.65. The lowest BCUT2D eigenvalue weighted by Crippen LogP contribution is -2.56. The van der Waals surface area contributed by atoms with Crippen LogP contribution < -0.4 is 11.0 Å². The maximum absolute atomic E-state index is 13.3. The second-order valence-corrected chi connectivity index (χ2v) is 15.2. The van der Waals surface area contributed by atoms with Crippen LogP contribution in [0.5, 0.6) is 0 Å². The molecule has 0 aromatic rings. The van der Waals surface area contributed by atoms with Gasteiger partial charge in [0.1, 0.15) is 0 Å². The first kappa shape index (κ1) is 27.8. The molecule has 7 fully saturated rings. The van der Waals surface area contributed by atoms with Gasteiger partial charge in [-0.1, -0.05) is 26.7 Å². The average Bonchev–Trinajstić information content (AvgIpc) is 3.31. The molecule has 4 saturated heterocycles. The van der Waals surface area contributed by atoms with Crippen LogP contribution in [0.2, 0.25) is 0 Å². The van der Waals surface area contributed by atoms with Gasteiger partial charge in [-0.2, -0.15) is 18.3 Å². The fourth-order valence-electron chi connectivity index (χ4n) is 9.00. The van der Waals surface area contributed by atoms with E-state index in [4.69, 9.17) is 8.92 Å². The van der Waals surface area contributed by atoms with Gasteiger partial charge in [0.25, 0.3) is 0 Å². The standard InChI is InChI=1S/C28H50N4O5S/c1-17-4-5-20-12-21-6-8-26-28(18(21)2)29-30-31(26)11-10-23(33)16-36-24-7-9-27-22(14-24)15-32(38(34,35)37-27)19(3)25(17)13-20/h17-30,33H,4-16H2,1-3H3/t17?,18?,19-,20?,21?,22?,23+,24?,25?,26?,27?,28?/m1/s1. The van der Waals surface area contributed by atoms with Crippen LogP contribution >= 0.6 is 0 Å². The third-order valence-corrected chi connectivity index (χ3v) is 13.0. The Morgan fingerprint density at radius 2 is 1.76 bits per heavy atom. The van der Waals surface area contributed by atoms with Crippen molar-refractivity contribution in [2.24, 2.45) is 35.5 Å². The van der Waals surface area contributed by atoms with E-state index in [9.17, 15) is 13.5 Å².